The summed E-state index contributed by atoms with van der Waals surface area (Å²) in [5, 5.41) is 3.23. The molecule has 2 fully saturated rings. The van der Waals surface area contributed by atoms with Crippen molar-refractivity contribution in [3.63, 3.8) is 0 Å². The number of benzene rings is 1. The van der Waals surface area contributed by atoms with Gasteiger partial charge in [-0.2, -0.15) is 0 Å². The quantitative estimate of drug-likeness (QED) is 0.238. The van der Waals surface area contributed by atoms with Crippen molar-refractivity contribution in [3.05, 3.63) is 59.8 Å². The molecule has 1 aromatic carbocycles. The first-order valence-electron chi connectivity index (χ1n) is 14.3. The van der Waals surface area contributed by atoms with E-state index in [4.69, 9.17) is 0 Å². The number of piperidine rings is 1. The van der Waals surface area contributed by atoms with E-state index in [-0.39, 0.29) is 6.04 Å². The predicted octanol–water partition coefficient (Wildman–Crippen LogP) is 6.47. The summed E-state index contributed by atoms with van der Waals surface area (Å²) < 4.78 is 0. The van der Waals surface area contributed by atoms with Crippen LogP contribution in [0.5, 0.6) is 0 Å². The molecule has 4 nitrogen and oxygen atoms in total. The number of likely N-dealkylation sites (tertiary alicyclic amines) is 1. The molecule has 36 heavy (non-hydrogen) atoms. The van der Waals surface area contributed by atoms with Gasteiger partial charge in [0.15, 0.2) is 0 Å². The van der Waals surface area contributed by atoms with Crippen molar-refractivity contribution >= 4 is 6.29 Å². The van der Waals surface area contributed by atoms with Crippen molar-refractivity contribution in [3.8, 4) is 0 Å². The monoisotopic (exact) mass is 493 g/mol. The van der Waals surface area contributed by atoms with Gasteiger partial charge in [-0.25, -0.2) is 0 Å². The number of carbonyl (C=O) groups is 1. The van der Waals surface area contributed by atoms with Crippen molar-refractivity contribution in [2.75, 3.05) is 27.2 Å². The number of rotatable bonds is 14. The van der Waals surface area contributed by atoms with E-state index >= 15 is 0 Å². The van der Waals surface area contributed by atoms with E-state index in [0.717, 1.165) is 72.7 Å². The lowest BCUT2D eigenvalue weighted by molar-refractivity contribution is 0.101. The van der Waals surface area contributed by atoms with Crippen LogP contribution in [-0.2, 0) is 13.0 Å². The number of nitrogens with one attached hydrogen (secondary N) is 1. The standard InChI is InChI=1S/C32H51N3O/c1-7-8-11-31(25(4)33-5)34(6)22-30-21-27(13-14-29(30)23-36)20-28-10-9-12-32(28)35-17-15-26(16-18-35)19-24(2)3/h7,13-14,21,23-24,26,28,31-33H,1,4,8-12,15-20,22H2,2-3,5-6H3. The van der Waals surface area contributed by atoms with E-state index in [9.17, 15) is 4.79 Å². The van der Waals surface area contributed by atoms with Crippen molar-refractivity contribution in [2.24, 2.45) is 17.8 Å². The maximum absolute atomic E-state index is 11.9. The van der Waals surface area contributed by atoms with Gasteiger partial charge in [0, 0.05) is 36.9 Å². The normalized spacial score (nSPS) is 22.2. The molecule has 4 heteroatoms. The summed E-state index contributed by atoms with van der Waals surface area (Å²) in [5.74, 6) is 2.46. The maximum Gasteiger partial charge on any atom is 0.150 e. The highest BCUT2D eigenvalue weighted by Crippen LogP contribution is 2.36. The maximum atomic E-state index is 11.9. The highest BCUT2D eigenvalue weighted by atomic mass is 16.1. The molecule has 1 aliphatic carbocycles. The highest BCUT2D eigenvalue weighted by molar-refractivity contribution is 5.77. The average molecular weight is 494 g/mol. The lowest BCUT2D eigenvalue weighted by Gasteiger charge is -2.39. The summed E-state index contributed by atoms with van der Waals surface area (Å²) in [6.45, 7) is 16.1. The SMILES string of the molecule is C=CCCC(C(=C)NC)N(C)Cc1cc(CC2CCCC2N2CCC(CC(C)C)CC2)ccc1C=O. The van der Waals surface area contributed by atoms with Gasteiger partial charge in [-0.3, -0.25) is 9.69 Å². The largest absolute Gasteiger partial charge is 0.391 e. The highest BCUT2D eigenvalue weighted by Gasteiger charge is 2.34. The molecule has 1 heterocycles. The van der Waals surface area contributed by atoms with Crippen molar-refractivity contribution in [1.82, 2.24) is 15.1 Å². The summed E-state index contributed by atoms with van der Waals surface area (Å²) in [7, 11) is 4.06. The topological polar surface area (TPSA) is 35.6 Å². The molecule has 0 amide bonds. The van der Waals surface area contributed by atoms with E-state index in [2.05, 4.69) is 61.3 Å². The fourth-order valence-electron chi connectivity index (χ4n) is 6.75. The molecular weight excluding hydrogens is 442 g/mol. The minimum absolute atomic E-state index is 0.203. The number of allylic oxidation sites excluding steroid dienone is 1. The van der Waals surface area contributed by atoms with Crippen LogP contribution in [-0.4, -0.2) is 55.4 Å². The Morgan fingerprint density at radius 3 is 2.61 bits per heavy atom. The van der Waals surface area contributed by atoms with Gasteiger partial charge >= 0.3 is 0 Å². The number of hydrogen-bond acceptors (Lipinski definition) is 4. The summed E-state index contributed by atoms with van der Waals surface area (Å²) in [5.41, 5.74) is 4.32. The van der Waals surface area contributed by atoms with Crippen molar-refractivity contribution < 1.29 is 4.79 Å². The molecule has 1 N–H and O–H groups in total. The van der Waals surface area contributed by atoms with E-state index in [1.165, 1.54) is 57.2 Å². The molecule has 1 saturated heterocycles. The molecule has 1 aromatic rings. The van der Waals surface area contributed by atoms with Crippen LogP contribution in [0.1, 0.15) is 86.7 Å². The van der Waals surface area contributed by atoms with E-state index in [1.807, 2.05) is 19.2 Å². The number of carbonyl (C=O) groups excluding carboxylic acids is 1. The second-order valence-electron chi connectivity index (χ2n) is 11.8. The van der Waals surface area contributed by atoms with Gasteiger partial charge in [0.2, 0.25) is 0 Å². The molecule has 3 unspecified atom stereocenters. The Balaban J connectivity index is 1.67. The van der Waals surface area contributed by atoms with Crippen molar-refractivity contribution in [1.29, 1.82) is 0 Å². The number of aldehydes is 1. The number of nitrogens with zero attached hydrogens (tertiary/aromatic N) is 2. The van der Waals surface area contributed by atoms with Crippen LogP contribution in [0.15, 0.2) is 43.1 Å². The zero-order valence-electron chi connectivity index (χ0n) is 23.5. The first-order valence-corrected chi connectivity index (χ1v) is 14.3. The first kappa shape index (κ1) is 28.7. The van der Waals surface area contributed by atoms with Gasteiger partial charge in [0.25, 0.3) is 0 Å². The van der Waals surface area contributed by atoms with Crippen LogP contribution >= 0.6 is 0 Å². The Labute approximate surface area is 221 Å². The molecule has 2 aliphatic rings. The smallest absolute Gasteiger partial charge is 0.150 e. The molecule has 0 aromatic heterocycles. The third kappa shape index (κ3) is 7.79. The average Bonchev–Trinajstić information content (AvgIpc) is 3.32. The molecule has 200 valence electrons. The third-order valence-electron chi connectivity index (χ3n) is 8.69. The Hall–Kier alpha value is -1.91. The molecular formula is C32H51N3O. The van der Waals surface area contributed by atoms with Gasteiger partial charge in [-0.05, 0) is 100 Å². The molecule has 1 saturated carbocycles. The van der Waals surface area contributed by atoms with Crippen molar-refractivity contribution in [2.45, 2.75) is 90.3 Å². The van der Waals surface area contributed by atoms with Gasteiger partial charge in [0.05, 0.1) is 0 Å². The Morgan fingerprint density at radius 1 is 1.22 bits per heavy atom. The van der Waals surface area contributed by atoms with E-state index in [1.54, 1.807) is 0 Å². The van der Waals surface area contributed by atoms with E-state index in [0.29, 0.717) is 0 Å². The summed E-state index contributed by atoms with van der Waals surface area (Å²) >= 11 is 0. The van der Waals surface area contributed by atoms with Gasteiger partial charge in [-0.15, -0.1) is 6.58 Å². The van der Waals surface area contributed by atoms with Gasteiger partial charge in [0.1, 0.15) is 6.29 Å². The number of hydrogen-bond donors (Lipinski definition) is 1. The van der Waals surface area contributed by atoms with Crippen LogP contribution in [0.2, 0.25) is 0 Å². The fraction of sp³-hybridized carbons (Fsp3) is 0.656. The van der Waals surface area contributed by atoms with Crippen LogP contribution < -0.4 is 5.32 Å². The predicted molar refractivity (Wildman–Crippen MR) is 153 cm³/mol. The summed E-state index contributed by atoms with van der Waals surface area (Å²) in [6, 6.07) is 7.47. The zero-order valence-corrected chi connectivity index (χ0v) is 23.5. The summed E-state index contributed by atoms with van der Waals surface area (Å²) in [6.07, 6.45) is 14.2. The molecule has 3 rings (SSSR count). The number of likely N-dealkylation sites (N-methyl/N-ethyl adjacent to an activating group) is 2. The molecule has 0 radical (unpaired) electrons. The van der Waals surface area contributed by atoms with Gasteiger partial charge in [-0.1, -0.05) is 51.1 Å². The minimum atomic E-state index is 0.203. The molecule has 3 atom stereocenters. The fourth-order valence-corrected chi connectivity index (χ4v) is 6.75. The van der Waals surface area contributed by atoms with Crippen LogP contribution in [0, 0.1) is 17.8 Å². The van der Waals surface area contributed by atoms with Gasteiger partial charge < -0.3 is 10.2 Å². The Kier molecular flexibility index (Phi) is 11.3. The lowest BCUT2D eigenvalue weighted by Crippen LogP contribution is -2.43. The first-order chi connectivity index (χ1) is 17.4. The Bertz CT molecular complexity index is 855. The zero-order chi connectivity index (χ0) is 26.1. The molecule has 0 spiro atoms. The third-order valence-corrected chi connectivity index (χ3v) is 8.69. The lowest BCUT2D eigenvalue weighted by atomic mass is 9.86. The minimum Gasteiger partial charge on any atom is -0.391 e. The van der Waals surface area contributed by atoms with Crippen LogP contribution in [0.4, 0.5) is 0 Å². The second kappa shape index (κ2) is 14.1. The Morgan fingerprint density at radius 2 is 1.97 bits per heavy atom. The van der Waals surface area contributed by atoms with Crippen LogP contribution in [0.25, 0.3) is 0 Å². The van der Waals surface area contributed by atoms with Crippen LogP contribution in [0.3, 0.4) is 0 Å². The van der Waals surface area contributed by atoms with E-state index < -0.39 is 0 Å². The molecule has 0 bridgehead atoms. The summed E-state index contributed by atoms with van der Waals surface area (Å²) in [4.78, 5) is 17.0. The molecule has 1 aliphatic heterocycles. The second-order valence-corrected chi connectivity index (χ2v) is 11.8.